The highest BCUT2D eigenvalue weighted by Crippen LogP contribution is 2.42. The molecule has 5 rings (SSSR count). The summed E-state index contributed by atoms with van der Waals surface area (Å²) in [5.41, 5.74) is 2.97. The number of fused-ring (bicyclic) bond motifs is 2. The van der Waals surface area contributed by atoms with Crippen molar-refractivity contribution in [1.29, 1.82) is 0 Å². The van der Waals surface area contributed by atoms with Gasteiger partial charge in [0.05, 0.1) is 30.7 Å². The molecule has 1 atom stereocenters. The number of methoxy groups -OCH3 is 1. The third kappa shape index (κ3) is 4.24. The SMILES string of the molecule is CCCCCOc1ccc(C2c3c(oc4ccc(C)cc4c3=O)C(=O)N2c2ccc(OC)cc2)cc1. The molecule has 0 fully saturated rings. The van der Waals surface area contributed by atoms with Crippen LogP contribution in [0.1, 0.15) is 59.5 Å². The summed E-state index contributed by atoms with van der Waals surface area (Å²) in [5, 5.41) is 0.471. The molecule has 0 spiro atoms. The van der Waals surface area contributed by atoms with Crippen LogP contribution in [-0.2, 0) is 0 Å². The van der Waals surface area contributed by atoms with Gasteiger partial charge in [-0.15, -0.1) is 0 Å². The Labute approximate surface area is 210 Å². The number of nitrogens with zero attached hydrogens (tertiary/aromatic N) is 1. The van der Waals surface area contributed by atoms with E-state index in [0.29, 0.717) is 34.6 Å². The molecule has 36 heavy (non-hydrogen) atoms. The van der Waals surface area contributed by atoms with Gasteiger partial charge in [0.25, 0.3) is 5.91 Å². The maximum Gasteiger partial charge on any atom is 0.295 e. The van der Waals surface area contributed by atoms with Crippen molar-refractivity contribution >= 4 is 22.6 Å². The van der Waals surface area contributed by atoms with Crippen molar-refractivity contribution in [2.24, 2.45) is 0 Å². The summed E-state index contributed by atoms with van der Waals surface area (Å²) in [6.45, 7) is 4.74. The highest BCUT2D eigenvalue weighted by atomic mass is 16.5. The largest absolute Gasteiger partial charge is 0.497 e. The fourth-order valence-electron chi connectivity index (χ4n) is 4.70. The summed E-state index contributed by atoms with van der Waals surface area (Å²) in [6.07, 6.45) is 3.26. The van der Waals surface area contributed by atoms with Crippen LogP contribution in [-0.4, -0.2) is 19.6 Å². The number of carbonyl (C=O) groups excluding carboxylic acids is 1. The number of aryl methyl sites for hydroxylation is 1. The first-order valence-corrected chi connectivity index (χ1v) is 12.3. The van der Waals surface area contributed by atoms with E-state index >= 15 is 0 Å². The maximum absolute atomic E-state index is 13.8. The van der Waals surface area contributed by atoms with Crippen LogP contribution < -0.4 is 19.8 Å². The van der Waals surface area contributed by atoms with E-state index in [1.54, 1.807) is 30.2 Å². The zero-order valence-electron chi connectivity index (χ0n) is 20.7. The first-order chi connectivity index (χ1) is 17.5. The van der Waals surface area contributed by atoms with Gasteiger partial charge in [0.2, 0.25) is 5.76 Å². The minimum Gasteiger partial charge on any atom is -0.497 e. The molecule has 1 unspecified atom stereocenters. The number of hydrogen-bond acceptors (Lipinski definition) is 5. The van der Waals surface area contributed by atoms with E-state index in [4.69, 9.17) is 13.9 Å². The van der Waals surface area contributed by atoms with Crippen LogP contribution in [0.15, 0.2) is 75.9 Å². The Morgan fingerprint density at radius 2 is 1.64 bits per heavy atom. The lowest BCUT2D eigenvalue weighted by Gasteiger charge is -2.25. The van der Waals surface area contributed by atoms with E-state index in [1.807, 2.05) is 55.5 Å². The predicted molar refractivity (Wildman–Crippen MR) is 140 cm³/mol. The van der Waals surface area contributed by atoms with Crippen molar-refractivity contribution in [1.82, 2.24) is 0 Å². The molecule has 1 aliphatic rings. The Kier molecular flexibility index (Phi) is 6.51. The summed E-state index contributed by atoms with van der Waals surface area (Å²) in [7, 11) is 1.59. The van der Waals surface area contributed by atoms with E-state index in [0.717, 1.165) is 36.1 Å². The Hall–Kier alpha value is -4.06. The van der Waals surface area contributed by atoms with Crippen LogP contribution in [0.4, 0.5) is 5.69 Å². The van der Waals surface area contributed by atoms with Crippen molar-refractivity contribution in [2.75, 3.05) is 18.6 Å². The van der Waals surface area contributed by atoms with Crippen LogP contribution >= 0.6 is 0 Å². The molecule has 0 saturated heterocycles. The normalized spacial score (nSPS) is 14.8. The van der Waals surface area contributed by atoms with Crippen LogP contribution in [0.3, 0.4) is 0 Å². The summed E-state index contributed by atoms with van der Waals surface area (Å²) in [4.78, 5) is 29.1. The molecule has 2 heterocycles. The predicted octanol–water partition coefficient (Wildman–Crippen LogP) is 6.43. The lowest BCUT2D eigenvalue weighted by atomic mass is 9.97. The van der Waals surface area contributed by atoms with Gasteiger partial charge in [-0.05, 0) is 67.4 Å². The quantitative estimate of drug-likeness (QED) is 0.270. The van der Waals surface area contributed by atoms with Crippen LogP contribution in [0.5, 0.6) is 11.5 Å². The molecule has 6 nitrogen and oxygen atoms in total. The van der Waals surface area contributed by atoms with Gasteiger partial charge >= 0.3 is 0 Å². The Morgan fingerprint density at radius 1 is 0.917 bits per heavy atom. The number of benzene rings is 3. The summed E-state index contributed by atoms with van der Waals surface area (Å²) in [5.74, 6) is 1.17. The average Bonchev–Trinajstić information content (AvgIpc) is 3.20. The molecule has 184 valence electrons. The van der Waals surface area contributed by atoms with Crippen LogP contribution in [0.2, 0.25) is 0 Å². The molecule has 6 heteroatoms. The van der Waals surface area contributed by atoms with Gasteiger partial charge in [-0.1, -0.05) is 43.5 Å². The summed E-state index contributed by atoms with van der Waals surface area (Å²) < 4.78 is 17.2. The topological polar surface area (TPSA) is 69.0 Å². The second-order valence-electron chi connectivity index (χ2n) is 9.07. The number of carbonyl (C=O) groups is 1. The lowest BCUT2D eigenvalue weighted by Crippen LogP contribution is -2.29. The molecule has 0 radical (unpaired) electrons. The second kappa shape index (κ2) is 9.90. The van der Waals surface area contributed by atoms with Gasteiger partial charge in [0.1, 0.15) is 17.1 Å². The standard InChI is InChI=1S/C30H29NO5/c1-4-5-6-17-35-23-12-8-20(9-13-23)27-26-28(32)24-18-19(2)7-16-25(24)36-29(26)30(33)31(27)21-10-14-22(34-3)15-11-21/h7-16,18,27H,4-6,17H2,1-3H3. The van der Waals surface area contributed by atoms with E-state index in [2.05, 4.69) is 6.92 Å². The third-order valence-electron chi connectivity index (χ3n) is 6.59. The molecular weight excluding hydrogens is 454 g/mol. The Bertz CT molecular complexity index is 1450. The van der Waals surface area contributed by atoms with Gasteiger partial charge < -0.3 is 13.9 Å². The molecule has 0 aliphatic carbocycles. The zero-order valence-corrected chi connectivity index (χ0v) is 20.7. The van der Waals surface area contributed by atoms with Crippen molar-refractivity contribution in [3.05, 3.63) is 99.4 Å². The number of amides is 1. The van der Waals surface area contributed by atoms with Gasteiger partial charge in [-0.3, -0.25) is 14.5 Å². The molecule has 0 saturated carbocycles. The van der Waals surface area contributed by atoms with Gasteiger partial charge in [-0.2, -0.15) is 0 Å². The monoisotopic (exact) mass is 483 g/mol. The molecule has 1 aromatic heterocycles. The van der Waals surface area contributed by atoms with Gasteiger partial charge in [0.15, 0.2) is 5.43 Å². The molecule has 4 aromatic rings. The minimum atomic E-state index is -0.629. The molecule has 0 N–H and O–H groups in total. The number of rotatable bonds is 8. The Balaban J connectivity index is 1.61. The molecule has 1 amide bonds. The maximum atomic E-state index is 13.8. The van der Waals surface area contributed by atoms with Crippen molar-refractivity contribution in [3.63, 3.8) is 0 Å². The van der Waals surface area contributed by atoms with Crippen LogP contribution in [0.25, 0.3) is 11.0 Å². The smallest absolute Gasteiger partial charge is 0.295 e. The zero-order chi connectivity index (χ0) is 25.2. The molecule has 1 aliphatic heterocycles. The number of anilines is 1. The van der Waals surface area contributed by atoms with Crippen molar-refractivity contribution < 1.29 is 18.7 Å². The first-order valence-electron chi connectivity index (χ1n) is 12.3. The summed E-state index contributed by atoms with van der Waals surface area (Å²) in [6, 6.07) is 19.6. The van der Waals surface area contributed by atoms with Gasteiger partial charge in [0, 0.05) is 5.69 Å². The highest BCUT2D eigenvalue weighted by molar-refractivity contribution is 6.10. The molecule has 3 aromatic carbocycles. The number of hydrogen-bond donors (Lipinski definition) is 0. The fraction of sp³-hybridized carbons (Fsp3) is 0.267. The second-order valence-corrected chi connectivity index (χ2v) is 9.07. The van der Waals surface area contributed by atoms with Gasteiger partial charge in [-0.25, -0.2) is 0 Å². The highest BCUT2D eigenvalue weighted by Gasteiger charge is 2.43. The summed E-state index contributed by atoms with van der Waals surface area (Å²) >= 11 is 0. The average molecular weight is 484 g/mol. The lowest BCUT2D eigenvalue weighted by molar-refractivity contribution is 0.0971. The van der Waals surface area contributed by atoms with E-state index in [9.17, 15) is 9.59 Å². The fourth-order valence-corrected chi connectivity index (χ4v) is 4.70. The van der Waals surface area contributed by atoms with Crippen molar-refractivity contribution in [2.45, 2.75) is 39.2 Å². The Morgan fingerprint density at radius 3 is 2.33 bits per heavy atom. The minimum absolute atomic E-state index is 0.0806. The molecular formula is C30H29NO5. The third-order valence-corrected chi connectivity index (χ3v) is 6.59. The van der Waals surface area contributed by atoms with E-state index in [1.165, 1.54) is 0 Å². The number of ether oxygens (including phenoxy) is 2. The number of unbranched alkanes of at least 4 members (excludes halogenated alkanes) is 2. The van der Waals surface area contributed by atoms with Crippen molar-refractivity contribution in [3.8, 4) is 11.5 Å². The van der Waals surface area contributed by atoms with Crippen LogP contribution in [0, 0.1) is 6.92 Å². The molecule has 0 bridgehead atoms. The first kappa shape index (κ1) is 23.7. The van der Waals surface area contributed by atoms with E-state index in [-0.39, 0.29) is 17.1 Å². The van der Waals surface area contributed by atoms with E-state index < -0.39 is 6.04 Å².